The van der Waals surface area contributed by atoms with Crippen LogP contribution in [0.3, 0.4) is 0 Å². The van der Waals surface area contributed by atoms with E-state index >= 15 is 0 Å². The van der Waals surface area contributed by atoms with Crippen molar-refractivity contribution >= 4 is 21.4 Å². The highest BCUT2D eigenvalue weighted by molar-refractivity contribution is 7.91. The molecule has 0 spiro atoms. The second kappa shape index (κ2) is 6.01. The molecule has 2 rings (SSSR count). The molecule has 116 valence electrons. The van der Waals surface area contributed by atoms with Crippen LogP contribution in [0.4, 0.5) is 5.69 Å². The van der Waals surface area contributed by atoms with Gasteiger partial charge in [0.25, 0.3) is 5.91 Å². The van der Waals surface area contributed by atoms with Gasteiger partial charge >= 0.3 is 0 Å². The SMILES string of the molecule is CC(C)Nc1ccc(C(=O)N(C)C2CCS(=O)(=O)C2)nc1. The summed E-state index contributed by atoms with van der Waals surface area (Å²) in [7, 11) is -1.37. The number of hydrogen-bond donors (Lipinski definition) is 1. The molecule has 1 saturated heterocycles. The molecular formula is C14H21N3O3S. The molecule has 1 N–H and O–H groups in total. The maximum Gasteiger partial charge on any atom is 0.272 e. The van der Waals surface area contributed by atoms with Crippen LogP contribution in [0.5, 0.6) is 0 Å². The Morgan fingerprint density at radius 3 is 2.62 bits per heavy atom. The first-order chi connectivity index (χ1) is 9.78. The number of rotatable bonds is 4. The van der Waals surface area contributed by atoms with E-state index in [2.05, 4.69) is 10.3 Å². The average Bonchev–Trinajstić information content (AvgIpc) is 2.77. The molecular weight excluding hydrogens is 290 g/mol. The van der Waals surface area contributed by atoms with Crippen molar-refractivity contribution < 1.29 is 13.2 Å². The molecule has 1 fully saturated rings. The third-order valence-corrected chi connectivity index (χ3v) is 5.26. The number of hydrogen-bond acceptors (Lipinski definition) is 5. The van der Waals surface area contributed by atoms with Crippen LogP contribution >= 0.6 is 0 Å². The predicted molar refractivity (Wildman–Crippen MR) is 82.1 cm³/mol. The van der Waals surface area contributed by atoms with Crippen molar-refractivity contribution in [1.82, 2.24) is 9.88 Å². The van der Waals surface area contributed by atoms with E-state index in [1.807, 2.05) is 13.8 Å². The van der Waals surface area contributed by atoms with Gasteiger partial charge in [0.2, 0.25) is 0 Å². The smallest absolute Gasteiger partial charge is 0.272 e. The molecule has 0 radical (unpaired) electrons. The maximum absolute atomic E-state index is 12.3. The van der Waals surface area contributed by atoms with Crippen molar-refractivity contribution in [3.05, 3.63) is 24.0 Å². The maximum atomic E-state index is 12.3. The fraction of sp³-hybridized carbons (Fsp3) is 0.571. The second-order valence-corrected chi connectivity index (χ2v) is 7.93. The summed E-state index contributed by atoms with van der Waals surface area (Å²) in [5.41, 5.74) is 1.18. The highest BCUT2D eigenvalue weighted by Crippen LogP contribution is 2.18. The van der Waals surface area contributed by atoms with E-state index in [9.17, 15) is 13.2 Å². The molecule has 0 saturated carbocycles. The van der Waals surface area contributed by atoms with E-state index in [-0.39, 0.29) is 23.5 Å². The lowest BCUT2D eigenvalue weighted by Crippen LogP contribution is -2.38. The van der Waals surface area contributed by atoms with Gasteiger partial charge in [0, 0.05) is 19.1 Å². The van der Waals surface area contributed by atoms with Gasteiger partial charge in [-0.05, 0) is 32.4 Å². The predicted octanol–water partition coefficient (Wildman–Crippen LogP) is 1.16. The Bertz CT molecular complexity index is 611. The molecule has 1 aliphatic rings. The van der Waals surface area contributed by atoms with Crippen molar-refractivity contribution in [2.75, 3.05) is 23.9 Å². The zero-order valence-electron chi connectivity index (χ0n) is 12.5. The van der Waals surface area contributed by atoms with Gasteiger partial charge in [-0.1, -0.05) is 0 Å². The lowest BCUT2D eigenvalue weighted by Gasteiger charge is -2.23. The number of nitrogens with one attached hydrogen (secondary N) is 1. The largest absolute Gasteiger partial charge is 0.382 e. The van der Waals surface area contributed by atoms with Gasteiger partial charge < -0.3 is 10.2 Å². The molecule has 0 bridgehead atoms. The Morgan fingerprint density at radius 2 is 2.14 bits per heavy atom. The Kier molecular flexibility index (Phi) is 4.51. The molecule has 0 aliphatic carbocycles. The molecule has 7 heteroatoms. The molecule has 2 heterocycles. The monoisotopic (exact) mass is 311 g/mol. The van der Waals surface area contributed by atoms with Gasteiger partial charge in [0.15, 0.2) is 9.84 Å². The van der Waals surface area contributed by atoms with Crippen molar-refractivity contribution in [3.63, 3.8) is 0 Å². The lowest BCUT2D eigenvalue weighted by molar-refractivity contribution is 0.0742. The van der Waals surface area contributed by atoms with E-state index < -0.39 is 9.84 Å². The first-order valence-corrected chi connectivity index (χ1v) is 8.81. The van der Waals surface area contributed by atoms with Crippen molar-refractivity contribution in [2.45, 2.75) is 32.4 Å². The van der Waals surface area contributed by atoms with Crippen LogP contribution < -0.4 is 5.32 Å². The summed E-state index contributed by atoms with van der Waals surface area (Å²) in [5.74, 6) is -0.0458. The minimum atomic E-state index is -3.00. The van der Waals surface area contributed by atoms with Crippen LogP contribution in [0.25, 0.3) is 0 Å². The zero-order valence-corrected chi connectivity index (χ0v) is 13.4. The third-order valence-electron chi connectivity index (χ3n) is 3.51. The Hall–Kier alpha value is -1.63. The van der Waals surface area contributed by atoms with Gasteiger partial charge in [-0.15, -0.1) is 0 Å². The van der Waals surface area contributed by atoms with Crippen LogP contribution in [0.1, 0.15) is 30.8 Å². The van der Waals surface area contributed by atoms with E-state index in [1.165, 1.54) is 4.90 Å². The van der Waals surface area contributed by atoms with Crippen LogP contribution in [0.15, 0.2) is 18.3 Å². The van der Waals surface area contributed by atoms with E-state index in [0.717, 1.165) is 5.69 Å². The van der Waals surface area contributed by atoms with Crippen LogP contribution in [0, 0.1) is 0 Å². The highest BCUT2D eigenvalue weighted by Gasteiger charge is 2.33. The molecule has 6 nitrogen and oxygen atoms in total. The summed E-state index contributed by atoms with van der Waals surface area (Å²) >= 11 is 0. The van der Waals surface area contributed by atoms with Gasteiger partial charge in [0.05, 0.1) is 23.4 Å². The van der Waals surface area contributed by atoms with Gasteiger partial charge in [-0.25, -0.2) is 13.4 Å². The Labute approximate surface area is 125 Å². The first kappa shape index (κ1) is 15.8. The minimum absolute atomic E-state index is 0.0439. The number of amides is 1. The van der Waals surface area contributed by atoms with Crippen molar-refractivity contribution in [3.8, 4) is 0 Å². The lowest BCUT2D eigenvalue weighted by atomic mass is 10.2. The molecule has 0 aromatic carbocycles. The quantitative estimate of drug-likeness (QED) is 0.902. The number of carbonyl (C=O) groups is 1. The molecule has 1 unspecified atom stereocenters. The molecule has 21 heavy (non-hydrogen) atoms. The Morgan fingerprint density at radius 1 is 1.43 bits per heavy atom. The third kappa shape index (κ3) is 3.93. The number of nitrogens with zero attached hydrogens (tertiary/aromatic N) is 2. The van der Waals surface area contributed by atoms with Crippen LogP contribution in [-0.2, 0) is 9.84 Å². The standard InChI is InChI=1S/C14H21N3O3S/c1-10(2)16-11-4-5-13(15-8-11)14(18)17(3)12-6-7-21(19,20)9-12/h4-5,8,10,12,16H,6-7,9H2,1-3H3. The van der Waals surface area contributed by atoms with E-state index in [0.29, 0.717) is 18.2 Å². The van der Waals surface area contributed by atoms with Crippen molar-refractivity contribution in [1.29, 1.82) is 0 Å². The minimum Gasteiger partial charge on any atom is -0.382 e. The number of carbonyl (C=O) groups excluding carboxylic acids is 1. The summed E-state index contributed by atoms with van der Waals surface area (Å²) in [6, 6.07) is 3.50. The van der Waals surface area contributed by atoms with E-state index in [1.54, 1.807) is 25.4 Å². The molecule has 1 aromatic heterocycles. The number of anilines is 1. The summed E-state index contributed by atoms with van der Waals surface area (Å²) in [6.45, 7) is 4.04. The second-order valence-electron chi connectivity index (χ2n) is 5.70. The van der Waals surface area contributed by atoms with Gasteiger partial charge in [-0.2, -0.15) is 0 Å². The van der Waals surface area contributed by atoms with Gasteiger partial charge in [0.1, 0.15) is 5.69 Å². The Balaban J connectivity index is 2.06. The number of aromatic nitrogens is 1. The summed E-state index contributed by atoms with van der Waals surface area (Å²) in [6.07, 6.45) is 2.12. The highest BCUT2D eigenvalue weighted by atomic mass is 32.2. The molecule has 1 amide bonds. The average molecular weight is 311 g/mol. The summed E-state index contributed by atoms with van der Waals surface area (Å²) < 4.78 is 23.0. The fourth-order valence-corrected chi connectivity index (χ4v) is 4.14. The van der Waals surface area contributed by atoms with Crippen LogP contribution in [-0.4, -0.2) is 54.8 Å². The van der Waals surface area contributed by atoms with E-state index in [4.69, 9.17) is 0 Å². The number of sulfone groups is 1. The zero-order chi connectivity index (χ0) is 15.6. The number of pyridine rings is 1. The molecule has 1 aliphatic heterocycles. The van der Waals surface area contributed by atoms with Crippen LogP contribution in [0.2, 0.25) is 0 Å². The first-order valence-electron chi connectivity index (χ1n) is 6.98. The normalized spacial score (nSPS) is 20.5. The van der Waals surface area contributed by atoms with Crippen molar-refractivity contribution in [2.24, 2.45) is 0 Å². The fourth-order valence-electron chi connectivity index (χ4n) is 2.37. The summed E-state index contributed by atoms with van der Waals surface area (Å²) in [5, 5.41) is 3.20. The molecule has 1 aromatic rings. The topological polar surface area (TPSA) is 79.4 Å². The molecule has 1 atom stereocenters. The summed E-state index contributed by atoms with van der Waals surface area (Å²) in [4.78, 5) is 18.0. The van der Waals surface area contributed by atoms with Gasteiger partial charge in [-0.3, -0.25) is 4.79 Å².